The van der Waals surface area contributed by atoms with Crippen LogP contribution in [0.3, 0.4) is 0 Å². The highest BCUT2D eigenvalue weighted by Crippen LogP contribution is 2.30. The molecule has 2 aromatic heterocycles. The number of rotatable bonds is 5. The maximum atomic E-state index is 12.4. The molecule has 1 saturated heterocycles. The van der Waals surface area contributed by atoms with Crippen molar-refractivity contribution in [3.8, 4) is 17.0 Å². The third-order valence-corrected chi connectivity index (χ3v) is 5.75. The zero-order valence-electron chi connectivity index (χ0n) is 18.6. The van der Waals surface area contributed by atoms with E-state index in [0.717, 1.165) is 44.2 Å². The molecule has 3 heterocycles. The zero-order chi connectivity index (χ0) is 22.9. The van der Waals surface area contributed by atoms with Crippen molar-refractivity contribution in [3.05, 3.63) is 53.6 Å². The molecule has 0 saturated carbocycles. The van der Waals surface area contributed by atoms with E-state index in [1.54, 1.807) is 24.5 Å². The molecule has 178 valence electrons. The van der Waals surface area contributed by atoms with Crippen LogP contribution in [0.25, 0.3) is 11.3 Å². The van der Waals surface area contributed by atoms with Crippen LogP contribution >= 0.6 is 12.4 Å². The predicted octanol–water partition coefficient (Wildman–Crippen LogP) is 4.14. The molecule has 0 spiro atoms. The molecule has 0 atom stereocenters. The average Bonchev–Trinajstić information content (AvgIpc) is 3.00. The number of piperazine rings is 1. The average molecular weight is 483 g/mol. The first kappa shape index (κ1) is 24.8. The molecule has 1 fully saturated rings. The molecule has 0 N–H and O–H groups in total. The maximum Gasteiger partial charge on any atom is 0.573 e. The molecule has 0 radical (unpaired) electrons. The van der Waals surface area contributed by atoms with Crippen LogP contribution in [-0.2, 0) is 13.6 Å². The van der Waals surface area contributed by atoms with Gasteiger partial charge in [0.05, 0.1) is 5.69 Å². The number of anilines is 1. The van der Waals surface area contributed by atoms with Crippen LogP contribution < -0.4 is 9.64 Å². The van der Waals surface area contributed by atoms with Gasteiger partial charge in [0.2, 0.25) is 0 Å². The van der Waals surface area contributed by atoms with Gasteiger partial charge in [-0.1, -0.05) is 0 Å². The lowest BCUT2D eigenvalue weighted by atomic mass is 10.1. The Morgan fingerprint density at radius 2 is 1.61 bits per heavy atom. The number of nitrogens with zero attached hydrogens (tertiary/aromatic N) is 6. The van der Waals surface area contributed by atoms with E-state index in [-0.39, 0.29) is 18.2 Å². The van der Waals surface area contributed by atoms with E-state index in [9.17, 15) is 13.2 Å². The van der Waals surface area contributed by atoms with Gasteiger partial charge in [0, 0.05) is 69.0 Å². The molecule has 0 aliphatic carbocycles. The summed E-state index contributed by atoms with van der Waals surface area (Å²) in [5, 5.41) is 4.50. The van der Waals surface area contributed by atoms with Gasteiger partial charge < -0.3 is 9.64 Å². The largest absolute Gasteiger partial charge is 0.573 e. The lowest BCUT2D eigenvalue weighted by Gasteiger charge is -2.36. The fraction of sp³-hybridized carbons (Fsp3) is 0.409. The number of halogens is 4. The standard InChI is InChI=1S/C22H25F3N6O.ClH/c1-15-19(16(2)29(3)28-15)14-30-10-12-31(13-11-30)21-20(26-8-9-27-21)17-4-6-18(7-5-17)32-22(23,24)25;/h4-9H,10-14H2,1-3H3;1H. The van der Waals surface area contributed by atoms with E-state index in [4.69, 9.17) is 0 Å². The summed E-state index contributed by atoms with van der Waals surface area (Å²) in [6.07, 6.45) is -1.50. The Balaban J connectivity index is 0.00000306. The second kappa shape index (κ2) is 9.96. The molecule has 0 unspecified atom stereocenters. The molecule has 0 amide bonds. The Hall–Kier alpha value is -2.85. The number of aromatic nitrogens is 4. The first-order chi connectivity index (χ1) is 15.2. The van der Waals surface area contributed by atoms with Crippen molar-refractivity contribution < 1.29 is 17.9 Å². The number of aryl methyl sites for hydroxylation is 2. The molecule has 33 heavy (non-hydrogen) atoms. The van der Waals surface area contributed by atoms with Crippen LogP contribution in [-0.4, -0.2) is 57.2 Å². The summed E-state index contributed by atoms with van der Waals surface area (Å²) in [6.45, 7) is 8.26. The van der Waals surface area contributed by atoms with Gasteiger partial charge in [-0.3, -0.25) is 14.6 Å². The summed E-state index contributed by atoms with van der Waals surface area (Å²) in [4.78, 5) is 13.5. The summed E-state index contributed by atoms with van der Waals surface area (Å²) in [5.74, 6) is 0.465. The van der Waals surface area contributed by atoms with E-state index >= 15 is 0 Å². The van der Waals surface area contributed by atoms with Crippen LogP contribution in [0.2, 0.25) is 0 Å². The van der Waals surface area contributed by atoms with Crippen molar-refractivity contribution in [3.63, 3.8) is 0 Å². The number of ether oxygens (including phenoxy) is 1. The molecule has 4 rings (SSSR count). The van der Waals surface area contributed by atoms with Crippen LogP contribution in [0.15, 0.2) is 36.7 Å². The van der Waals surface area contributed by atoms with Crippen molar-refractivity contribution in [2.24, 2.45) is 7.05 Å². The molecule has 1 aliphatic rings. The fourth-order valence-corrected chi connectivity index (χ4v) is 3.97. The van der Waals surface area contributed by atoms with Gasteiger partial charge in [0.25, 0.3) is 0 Å². The highest BCUT2D eigenvalue weighted by atomic mass is 35.5. The van der Waals surface area contributed by atoms with Gasteiger partial charge >= 0.3 is 6.36 Å². The van der Waals surface area contributed by atoms with Gasteiger partial charge in [0.15, 0.2) is 5.82 Å². The quantitative estimate of drug-likeness (QED) is 0.545. The summed E-state index contributed by atoms with van der Waals surface area (Å²) < 4.78 is 43.2. The van der Waals surface area contributed by atoms with Crippen molar-refractivity contribution >= 4 is 18.2 Å². The number of alkyl halides is 3. The third kappa shape index (κ3) is 5.75. The van der Waals surface area contributed by atoms with Crippen molar-refractivity contribution in [2.75, 3.05) is 31.1 Å². The Morgan fingerprint density at radius 3 is 2.18 bits per heavy atom. The molecule has 3 aromatic rings. The smallest absolute Gasteiger partial charge is 0.406 e. The molecule has 1 aliphatic heterocycles. The van der Waals surface area contributed by atoms with Crippen LogP contribution in [0.4, 0.5) is 19.0 Å². The number of hydrogen-bond donors (Lipinski definition) is 0. The SMILES string of the molecule is Cc1nn(C)c(C)c1CN1CCN(c2nccnc2-c2ccc(OC(F)(F)F)cc2)CC1.Cl. The Bertz CT molecular complexity index is 1080. The zero-order valence-corrected chi connectivity index (χ0v) is 19.4. The molecular weight excluding hydrogens is 457 g/mol. The van der Waals surface area contributed by atoms with Gasteiger partial charge in [-0.25, -0.2) is 4.98 Å². The second-order valence-electron chi connectivity index (χ2n) is 7.84. The summed E-state index contributed by atoms with van der Waals surface area (Å²) in [6, 6.07) is 5.72. The number of hydrogen-bond acceptors (Lipinski definition) is 6. The highest BCUT2D eigenvalue weighted by Gasteiger charge is 2.31. The minimum absolute atomic E-state index is 0. The van der Waals surface area contributed by atoms with Crippen molar-refractivity contribution in [1.29, 1.82) is 0 Å². The predicted molar refractivity (Wildman–Crippen MR) is 122 cm³/mol. The first-order valence-corrected chi connectivity index (χ1v) is 10.3. The van der Waals surface area contributed by atoms with E-state index in [1.165, 1.54) is 23.4 Å². The topological polar surface area (TPSA) is 59.3 Å². The molecule has 0 bridgehead atoms. The Morgan fingerprint density at radius 1 is 0.970 bits per heavy atom. The van der Waals surface area contributed by atoms with Gasteiger partial charge in [-0.2, -0.15) is 5.10 Å². The van der Waals surface area contributed by atoms with Gasteiger partial charge in [-0.15, -0.1) is 25.6 Å². The lowest BCUT2D eigenvalue weighted by Crippen LogP contribution is -2.46. The maximum absolute atomic E-state index is 12.4. The van der Waals surface area contributed by atoms with Crippen LogP contribution in [0, 0.1) is 13.8 Å². The Labute approximate surface area is 196 Å². The van der Waals surface area contributed by atoms with Crippen LogP contribution in [0.5, 0.6) is 5.75 Å². The van der Waals surface area contributed by atoms with Gasteiger partial charge in [-0.05, 0) is 38.1 Å². The van der Waals surface area contributed by atoms with E-state index < -0.39 is 6.36 Å². The Kier molecular flexibility index (Phi) is 7.48. The first-order valence-electron chi connectivity index (χ1n) is 10.3. The van der Waals surface area contributed by atoms with E-state index in [0.29, 0.717) is 11.3 Å². The minimum Gasteiger partial charge on any atom is -0.406 e. The van der Waals surface area contributed by atoms with Crippen LogP contribution in [0.1, 0.15) is 17.0 Å². The highest BCUT2D eigenvalue weighted by molar-refractivity contribution is 5.85. The summed E-state index contributed by atoms with van der Waals surface area (Å²) in [7, 11) is 1.96. The lowest BCUT2D eigenvalue weighted by molar-refractivity contribution is -0.274. The van der Waals surface area contributed by atoms with E-state index in [2.05, 4.69) is 36.5 Å². The molecule has 1 aromatic carbocycles. The third-order valence-electron chi connectivity index (χ3n) is 5.75. The molecular formula is C22H26ClF3N6O. The van der Waals surface area contributed by atoms with E-state index in [1.807, 2.05) is 18.7 Å². The number of benzene rings is 1. The molecule has 7 nitrogen and oxygen atoms in total. The second-order valence-corrected chi connectivity index (χ2v) is 7.84. The van der Waals surface area contributed by atoms with Gasteiger partial charge in [0.1, 0.15) is 11.4 Å². The summed E-state index contributed by atoms with van der Waals surface area (Å²) >= 11 is 0. The fourth-order valence-electron chi connectivity index (χ4n) is 3.97. The minimum atomic E-state index is -4.72. The van der Waals surface area contributed by atoms with Crippen molar-refractivity contribution in [1.82, 2.24) is 24.6 Å². The summed E-state index contributed by atoms with van der Waals surface area (Å²) in [5.41, 5.74) is 4.83. The van der Waals surface area contributed by atoms with Crippen molar-refractivity contribution in [2.45, 2.75) is 26.8 Å². The molecule has 11 heteroatoms. The monoisotopic (exact) mass is 482 g/mol. The normalized spacial score (nSPS) is 14.8.